The molecule has 0 aromatic heterocycles. The molecule has 106 valence electrons. The molecule has 0 fully saturated rings. The van der Waals surface area contributed by atoms with Crippen molar-refractivity contribution in [2.75, 3.05) is 0 Å². The Balaban J connectivity index is 3.15. The fourth-order valence-corrected chi connectivity index (χ4v) is 2.12. The van der Waals surface area contributed by atoms with Gasteiger partial charge < -0.3 is 5.73 Å². The maximum Gasteiger partial charge on any atom is 0.159 e. The second kappa shape index (κ2) is 5.83. The van der Waals surface area contributed by atoms with Gasteiger partial charge in [-0.15, -0.1) is 0 Å². The van der Waals surface area contributed by atoms with Crippen LogP contribution in [0.1, 0.15) is 45.6 Å². The second-order valence-corrected chi connectivity index (χ2v) is 6.15. The number of hydrogen-bond donors (Lipinski definition) is 1. The lowest BCUT2D eigenvalue weighted by atomic mass is 9.78. The minimum Gasteiger partial charge on any atom is -0.326 e. The Morgan fingerprint density at radius 2 is 1.84 bits per heavy atom. The average molecular weight is 267 g/mol. The third-order valence-corrected chi connectivity index (χ3v) is 3.27. The van der Waals surface area contributed by atoms with Crippen LogP contribution in [0.25, 0.3) is 0 Å². The van der Waals surface area contributed by atoms with E-state index in [-0.39, 0.29) is 11.8 Å². The Hall–Kier alpha value is -1.22. The van der Waals surface area contributed by atoms with E-state index in [1.54, 1.807) is 6.07 Å². The predicted molar refractivity (Wildman–Crippen MR) is 76.0 cm³/mol. The van der Waals surface area contributed by atoms with Gasteiger partial charge in [0.2, 0.25) is 0 Å². The first-order valence-electron chi connectivity index (χ1n) is 6.54. The largest absolute Gasteiger partial charge is 0.326 e. The summed E-state index contributed by atoms with van der Waals surface area (Å²) in [6.45, 7) is 12.0. The first-order chi connectivity index (χ1) is 8.61. The van der Waals surface area contributed by atoms with Gasteiger partial charge in [0.05, 0.1) is 0 Å². The highest BCUT2D eigenvalue weighted by molar-refractivity contribution is 5.30. The van der Waals surface area contributed by atoms with E-state index >= 15 is 0 Å². The smallest absolute Gasteiger partial charge is 0.159 e. The third kappa shape index (κ3) is 4.43. The molecule has 1 aromatic carbocycles. The zero-order valence-electron chi connectivity index (χ0n) is 12.1. The number of benzene rings is 1. The second-order valence-electron chi connectivity index (χ2n) is 6.15. The van der Waals surface area contributed by atoms with Crippen molar-refractivity contribution in [2.45, 2.75) is 45.6 Å². The minimum atomic E-state index is -0.829. The standard InChI is InChI=1S/C16H23F2N/c1-10(2)11(3)13(9-16(4,5)19)12-6-7-14(17)15(18)8-12/h6-8,10,13H,3,9,19H2,1-2,4-5H3. The van der Waals surface area contributed by atoms with E-state index in [2.05, 4.69) is 6.58 Å². The first kappa shape index (κ1) is 15.8. The fraction of sp³-hybridized carbons (Fsp3) is 0.500. The van der Waals surface area contributed by atoms with Gasteiger partial charge in [-0.2, -0.15) is 0 Å². The maximum atomic E-state index is 13.4. The molecule has 3 heteroatoms. The van der Waals surface area contributed by atoms with Gasteiger partial charge in [-0.3, -0.25) is 0 Å². The summed E-state index contributed by atoms with van der Waals surface area (Å²) in [6.07, 6.45) is 0.648. The molecular weight excluding hydrogens is 244 g/mol. The molecular formula is C16H23F2N. The lowest BCUT2D eigenvalue weighted by Crippen LogP contribution is -2.34. The zero-order valence-corrected chi connectivity index (χ0v) is 12.1. The van der Waals surface area contributed by atoms with Crippen LogP contribution < -0.4 is 5.73 Å². The van der Waals surface area contributed by atoms with Gasteiger partial charge in [0, 0.05) is 11.5 Å². The summed E-state index contributed by atoms with van der Waals surface area (Å²) in [5.74, 6) is -1.45. The molecule has 0 bridgehead atoms. The summed E-state index contributed by atoms with van der Waals surface area (Å²) in [5, 5.41) is 0. The molecule has 0 amide bonds. The average Bonchev–Trinajstić information content (AvgIpc) is 2.27. The van der Waals surface area contributed by atoms with Crippen LogP contribution >= 0.6 is 0 Å². The van der Waals surface area contributed by atoms with Crippen molar-refractivity contribution < 1.29 is 8.78 Å². The summed E-state index contributed by atoms with van der Waals surface area (Å²) >= 11 is 0. The van der Waals surface area contributed by atoms with Gasteiger partial charge in [0.25, 0.3) is 0 Å². The summed E-state index contributed by atoms with van der Waals surface area (Å²) in [6, 6.07) is 4.02. The molecule has 1 atom stereocenters. The Morgan fingerprint density at radius 1 is 1.26 bits per heavy atom. The van der Waals surface area contributed by atoms with E-state index in [4.69, 9.17) is 5.73 Å². The molecule has 19 heavy (non-hydrogen) atoms. The van der Waals surface area contributed by atoms with Crippen LogP contribution in [0, 0.1) is 17.6 Å². The van der Waals surface area contributed by atoms with Gasteiger partial charge in [-0.25, -0.2) is 8.78 Å². The molecule has 1 rings (SSSR count). The molecule has 1 unspecified atom stereocenters. The van der Waals surface area contributed by atoms with E-state index in [0.29, 0.717) is 6.42 Å². The molecule has 0 saturated carbocycles. The first-order valence-corrected chi connectivity index (χ1v) is 6.54. The van der Waals surface area contributed by atoms with Gasteiger partial charge in [-0.1, -0.05) is 32.1 Å². The van der Waals surface area contributed by atoms with Gasteiger partial charge >= 0.3 is 0 Å². The molecule has 1 nitrogen and oxygen atoms in total. The lowest BCUT2D eigenvalue weighted by Gasteiger charge is -2.29. The van der Waals surface area contributed by atoms with Crippen LogP contribution in [-0.2, 0) is 0 Å². The molecule has 0 saturated heterocycles. The van der Waals surface area contributed by atoms with Crippen molar-refractivity contribution in [1.29, 1.82) is 0 Å². The van der Waals surface area contributed by atoms with E-state index in [9.17, 15) is 8.78 Å². The van der Waals surface area contributed by atoms with Gasteiger partial charge in [0.15, 0.2) is 11.6 Å². The van der Waals surface area contributed by atoms with E-state index in [1.807, 2.05) is 27.7 Å². The van der Waals surface area contributed by atoms with Crippen LogP contribution in [0.3, 0.4) is 0 Å². The molecule has 0 aliphatic rings. The molecule has 0 heterocycles. The molecule has 0 radical (unpaired) electrons. The van der Waals surface area contributed by atoms with Crippen LogP contribution in [0.4, 0.5) is 8.78 Å². The SMILES string of the molecule is C=C(C(C)C)C(CC(C)(C)N)c1ccc(F)c(F)c1. The highest BCUT2D eigenvalue weighted by Gasteiger charge is 2.25. The van der Waals surface area contributed by atoms with E-state index in [0.717, 1.165) is 17.2 Å². The Morgan fingerprint density at radius 3 is 2.26 bits per heavy atom. The highest BCUT2D eigenvalue weighted by Crippen LogP contribution is 2.35. The molecule has 0 spiro atoms. The predicted octanol–water partition coefficient (Wildman–Crippen LogP) is 4.39. The Labute approximate surface area is 114 Å². The highest BCUT2D eigenvalue weighted by atomic mass is 19.2. The molecule has 2 N–H and O–H groups in total. The lowest BCUT2D eigenvalue weighted by molar-refractivity contribution is 0.431. The minimum absolute atomic E-state index is 0.0601. The van der Waals surface area contributed by atoms with Crippen LogP contribution in [0.15, 0.2) is 30.4 Å². The fourth-order valence-electron chi connectivity index (χ4n) is 2.12. The number of rotatable bonds is 5. The quantitative estimate of drug-likeness (QED) is 0.787. The number of halogens is 2. The zero-order chi connectivity index (χ0) is 14.8. The molecule has 1 aromatic rings. The van der Waals surface area contributed by atoms with Crippen molar-refractivity contribution >= 4 is 0 Å². The number of allylic oxidation sites excluding steroid dienone is 1. The topological polar surface area (TPSA) is 26.0 Å². The van der Waals surface area contributed by atoms with Crippen molar-refractivity contribution in [3.05, 3.63) is 47.5 Å². The molecule has 0 aliphatic carbocycles. The van der Waals surface area contributed by atoms with Gasteiger partial charge in [-0.05, 0) is 43.9 Å². The van der Waals surface area contributed by atoms with Crippen LogP contribution in [0.2, 0.25) is 0 Å². The Bertz CT molecular complexity index is 458. The molecule has 0 aliphatic heterocycles. The van der Waals surface area contributed by atoms with Gasteiger partial charge in [0.1, 0.15) is 0 Å². The summed E-state index contributed by atoms with van der Waals surface area (Å²) in [4.78, 5) is 0. The Kier molecular flexibility index (Phi) is 4.86. The normalized spacial score (nSPS) is 13.7. The van der Waals surface area contributed by atoms with E-state index < -0.39 is 17.2 Å². The summed E-state index contributed by atoms with van der Waals surface area (Å²) in [5.41, 5.74) is 7.40. The van der Waals surface area contributed by atoms with Crippen molar-refractivity contribution in [3.8, 4) is 0 Å². The van der Waals surface area contributed by atoms with Crippen molar-refractivity contribution in [1.82, 2.24) is 0 Å². The number of hydrogen-bond acceptors (Lipinski definition) is 1. The van der Waals surface area contributed by atoms with Crippen LogP contribution in [-0.4, -0.2) is 5.54 Å². The summed E-state index contributed by atoms with van der Waals surface area (Å²) in [7, 11) is 0. The number of nitrogens with two attached hydrogens (primary N) is 1. The third-order valence-electron chi connectivity index (χ3n) is 3.27. The van der Waals surface area contributed by atoms with Crippen LogP contribution in [0.5, 0.6) is 0 Å². The maximum absolute atomic E-state index is 13.4. The van der Waals surface area contributed by atoms with Crippen molar-refractivity contribution in [3.63, 3.8) is 0 Å². The monoisotopic (exact) mass is 267 g/mol. The van der Waals surface area contributed by atoms with E-state index in [1.165, 1.54) is 6.07 Å². The van der Waals surface area contributed by atoms with Crippen molar-refractivity contribution in [2.24, 2.45) is 11.7 Å². The summed E-state index contributed by atoms with van der Waals surface area (Å²) < 4.78 is 26.4.